The molecule has 1 aromatic carbocycles. The van der Waals surface area contributed by atoms with E-state index in [1.54, 1.807) is 19.1 Å². The van der Waals surface area contributed by atoms with Crippen LogP contribution in [0.2, 0.25) is 0 Å². The number of nitrogens with zero attached hydrogens (tertiary/aromatic N) is 1. The van der Waals surface area contributed by atoms with Crippen LogP contribution in [-0.2, 0) is 20.8 Å². The lowest BCUT2D eigenvalue weighted by molar-refractivity contribution is -0.00512. The van der Waals surface area contributed by atoms with Crippen LogP contribution in [-0.4, -0.2) is 49.6 Å². The van der Waals surface area contributed by atoms with Crippen LogP contribution in [0, 0.1) is 24.1 Å². The topological polar surface area (TPSA) is 98.0 Å². The van der Waals surface area contributed by atoms with Gasteiger partial charge < -0.3 is 29.2 Å². The lowest BCUT2D eigenvalue weighted by Gasteiger charge is -2.44. The Morgan fingerprint density at radius 1 is 1.17 bits per heavy atom. The van der Waals surface area contributed by atoms with Crippen molar-refractivity contribution in [2.24, 2.45) is 11.3 Å². The van der Waals surface area contributed by atoms with Crippen LogP contribution < -0.4 is 10.6 Å². The van der Waals surface area contributed by atoms with Crippen molar-refractivity contribution in [3.8, 4) is 0 Å². The highest BCUT2D eigenvalue weighted by atomic mass is 19.1. The molecule has 9 heteroatoms. The third-order valence-corrected chi connectivity index (χ3v) is 6.60. The van der Waals surface area contributed by atoms with E-state index < -0.39 is 11.6 Å². The predicted octanol–water partition coefficient (Wildman–Crippen LogP) is 4.53. The van der Waals surface area contributed by atoms with Crippen molar-refractivity contribution in [3.63, 3.8) is 0 Å². The smallest absolute Gasteiger partial charge is 0.147 e. The molecule has 0 amide bonds. The third kappa shape index (κ3) is 7.16. The lowest BCUT2D eigenvalue weighted by Crippen LogP contribution is -2.47. The first-order chi connectivity index (χ1) is 17.4. The van der Waals surface area contributed by atoms with E-state index in [9.17, 15) is 9.50 Å². The second-order valence-electron chi connectivity index (χ2n) is 9.16. The highest BCUT2D eigenvalue weighted by Crippen LogP contribution is 2.46. The average molecular weight is 504 g/mol. The molecule has 1 aliphatic rings. The van der Waals surface area contributed by atoms with Gasteiger partial charge in [-0.05, 0) is 55.5 Å². The summed E-state index contributed by atoms with van der Waals surface area (Å²) in [5.41, 5.74) is 2.27. The summed E-state index contributed by atoms with van der Waals surface area (Å²) < 4.78 is 35.8. The first-order valence-corrected chi connectivity index (χ1v) is 12.4. The maximum atomic E-state index is 13.3. The number of aryl methyl sites for hydroxylation is 1. The molecule has 0 saturated carbocycles. The summed E-state index contributed by atoms with van der Waals surface area (Å²) in [6.45, 7) is 11.0. The number of anilines is 1. The number of allylic oxidation sites excluding steroid dienone is 2. The zero-order valence-corrected chi connectivity index (χ0v) is 21.6. The molecule has 3 N–H and O–H groups in total. The van der Waals surface area contributed by atoms with Crippen molar-refractivity contribution in [1.82, 2.24) is 10.5 Å². The summed E-state index contributed by atoms with van der Waals surface area (Å²) in [5.74, 6) is 0.193. The molecule has 0 spiro atoms. The average Bonchev–Trinajstić information content (AvgIpc) is 3.27. The van der Waals surface area contributed by atoms with Gasteiger partial charge in [-0.25, -0.2) is 4.39 Å². The minimum atomic E-state index is -1.01. The molecule has 1 heterocycles. The van der Waals surface area contributed by atoms with E-state index in [1.165, 1.54) is 18.4 Å². The van der Waals surface area contributed by atoms with Gasteiger partial charge in [0.05, 0.1) is 31.0 Å². The van der Waals surface area contributed by atoms with Gasteiger partial charge in [-0.1, -0.05) is 37.2 Å². The highest BCUT2D eigenvalue weighted by Gasteiger charge is 2.46. The van der Waals surface area contributed by atoms with Crippen LogP contribution in [0.1, 0.15) is 38.4 Å². The largest absolute Gasteiger partial charge is 0.492 e. The Kier molecular flexibility index (Phi) is 10.5. The Morgan fingerprint density at radius 2 is 1.94 bits per heavy atom. The van der Waals surface area contributed by atoms with Crippen molar-refractivity contribution in [3.05, 3.63) is 71.1 Å². The first-order valence-electron chi connectivity index (χ1n) is 12.4. The van der Waals surface area contributed by atoms with E-state index >= 15 is 0 Å². The number of aliphatic hydroxyl groups is 1. The standard InChI is InChI=1S/C27H38FN3O5/c1-5-13-33-14-12-29-18-34-16-22-8-11-25(35-15-21-6-9-23(28)10-7-21)27(4,19(22)2)26(32)30-24-17-36-31-20(24)3/h6-11,17,19,26,29-30,32H,5,12-16,18H2,1-4H3. The molecular weight excluding hydrogens is 465 g/mol. The fourth-order valence-corrected chi connectivity index (χ4v) is 4.03. The van der Waals surface area contributed by atoms with Crippen LogP contribution >= 0.6 is 0 Å². The minimum Gasteiger partial charge on any atom is -0.492 e. The number of hydrogen-bond donors (Lipinski definition) is 3. The molecule has 3 rings (SSSR count). The second kappa shape index (κ2) is 13.5. The SMILES string of the molecule is CCCOCCNCOCC1=CC=C(OCc2ccc(F)cc2)C(C)(C(O)Nc2conc2C)C1C. The summed E-state index contributed by atoms with van der Waals surface area (Å²) in [4.78, 5) is 0. The number of benzene rings is 1. The summed E-state index contributed by atoms with van der Waals surface area (Å²) in [5, 5.41) is 21.6. The minimum absolute atomic E-state index is 0.124. The third-order valence-electron chi connectivity index (χ3n) is 6.60. The Balaban J connectivity index is 1.69. The van der Waals surface area contributed by atoms with E-state index in [0.29, 0.717) is 43.6 Å². The zero-order valence-electron chi connectivity index (χ0n) is 21.6. The van der Waals surface area contributed by atoms with Crippen LogP contribution in [0.5, 0.6) is 0 Å². The normalized spacial score (nSPS) is 20.6. The number of aliphatic hydroxyl groups excluding tert-OH is 1. The molecule has 1 aromatic heterocycles. The molecule has 1 aliphatic carbocycles. The molecule has 3 unspecified atom stereocenters. The van der Waals surface area contributed by atoms with Crippen LogP contribution in [0.4, 0.5) is 10.1 Å². The molecule has 0 aliphatic heterocycles. The van der Waals surface area contributed by atoms with Crippen LogP contribution in [0.15, 0.2) is 58.5 Å². The summed E-state index contributed by atoms with van der Waals surface area (Å²) in [7, 11) is 0. The molecule has 0 radical (unpaired) electrons. The van der Waals surface area contributed by atoms with Crippen LogP contribution in [0.3, 0.4) is 0 Å². The van der Waals surface area contributed by atoms with Gasteiger partial charge in [-0.3, -0.25) is 5.32 Å². The maximum absolute atomic E-state index is 13.3. The number of halogens is 1. The molecule has 3 atom stereocenters. The Bertz CT molecular complexity index is 1010. The summed E-state index contributed by atoms with van der Waals surface area (Å²) in [6.07, 6.45) is 5.31. The van der Waals surface area contributed by atoms with Gasteiger partial charge in [-0.15, -0.1) is 0 Å². The van der Waals surface area contributed by atoms with Crippen molar-refractivity contribution >= 4 is 5.69 Å². The monoisotopic (exact) mass is 503 g/mol. The number of nitrogens with one attached hydrogen (secondary N) is 2. The number of rotatable bonds is 15. The molecule has 0 saturated heterocycles. The molecule has 8 nitrogen and oxygen atoms in total. The quantitative estimate of drug-likeness (QED) is 0.241. The molecule has 0 fully saturated rings. The summed E-state index contributed by atoms with van der Waals surface area (Å²) >= 11 is 0. The predicted molar refractivity (Wildman–Crippen MR) is 135 cm³/mol. The lowest BCUT2D eigenvalue weighted by atomic mass is 9.68. The van der Waals surface area contributed by atoms with Crippen LogP contribution in [0.25, 0.3) is 0 Å². The number of hydrogen-bond acceptors (Lipinski definition) is 8. The van der Waals surface area contributed by atoms with Crippen molar-refractivity contribution in [2.75, 3.05) is 38.4 Å². The van der Waals surface area contributed by atoms with E-state index in [-0.39, 0.29) is 18.3 Å². The molecule has 0 bridgehead atoms. The van der Waals surface area contributed by atoms with E-state index in [1.807, 2.05) is 26.0 Å². The first kappa shape index (κ1) is 27.9. The van der Waals surface area contributed by atoms with Gasteiger partial charge >= 0.3 is 0 Å². The van der Waals surface area contributed by atoms with E-state index in [4.69, 9.17) is 18.7 Å². The molecule has 36 heavy (non-hydrogen) atoms. The number of ether oxygens (including phenoxy) is 3. The fraction of sp³-hybridized carbons (Fsp3) is 0.519. The van der Waals surface area contributed by atoms with E-state index in [0.717, 1.165) is 24.2 Å². The molecule has 2 aromatic rings. The highest BCUT2D eigenvalue weighted by molar-refractivity contribution is 5.46. The Hall–Kier alpha value is -2.72. The number of aromatic nitrogens is 1. The van der Waals surface area contributed by atoms with Gasteiger partial charge in [0.15, 0.2) is 0 Å². The van der Waals surface area contributed by atoms with Gasteiger partial charge in [0, 0.05) is 13.2 Å². The second-order valence-corrected chi connectivity index (χ2v) is 9.16. The molecular formula is C27H38FN3O5. The van der Waals surface area contributed by atoms with Crippen molar-refractivity contribution < 1.29 is 28.2 Å². The molecule has 198 valence electrons. The Morgan fingerprint density at radius 3 is 2.64 bits per heavy atom. The summed E-state index contributed by atoms with van der Waals surface area (Å²) in [6, 6.07) is 6.18. The fourth-order valence-electron chi connectivity index (χ4n) is 4.03. The Labute approximate surface area is 212 Å². The van der Waals surface area contributed by atoms with Gasteiger partial charge in [0.25, 0.3) is 0 Å². The van der Waals surface area contributed by atoms with Gasteiger partial charge in [-0.2, -0.15) is 0 Å². The maximum Gasteiger partial charge on any atom is 0.147 e. The van der Waals surface area contributed by atoms with Crippen molar-refractivity contribution in [1.29, 1.82) is 0 Å². The van der Waals surface area contributed by atoms with Gasteiger partial charge in [0.1, 0.15) is 36.4 Å². The van der Waals surface area contributed by atoms with E-state index in [2.05, 4.69) is 22.7 Å². The van der Waals surface area contributed by atoms with Crippen molar-refractivity contribution in [2.45, 2.75) is 47.0 Å². The van der Waals surface area contributed by atoms with Gasteiger partial charge in [0.2, 0.25) is 0 Å². The zero-order chi connectivity index (χ0) is 26.0.